The Morgan fingerprint density at radius 3 is 3.12 bits per heavy atom. The Morgan fingerprint density at radius 1 is 1.47 bits per heavy atom. The molecule has 0 aliphatic heterocycles. The molecule has 17 heavy (non-hydrogen) atoms. The second-order valence-electron chi connectivity index (χ2n) is 3.67. The van der Waals surface area contributed by atoms with Crippen LogP contribution in [0.4, 0.5) is 0 Å². The number of benzene rings is 1. The van der Waals surface area contributed by atoms with E-state index < -0.39 is 0 Å². The number of rotatable bonds is 4. The zero-order valence-corrected chi connectivity index (χ0v) is 11.1. The molecule has 0 amide bonds. The van der Waals surface area contributed by atoms with Gasteiger partial charge in [-0.2, -0.15) is 5.26 Å². The molecule has 2 nitrogen and oxygen atoms in total. The normalized spacial score (nSPS) is 10.1. The average molecular weight is 260 g/mol. The highest BCUT2D eigenvalue weighted by molar-refractivity contribution is 7.98. The first-order valence-electron chi connectivity index (χ1n) is 5.27. The van der Waals surface area contributed by atoms with Crippen molar-refractivity contribution in [3.8, 4) is 6.07 Å². The predicted molar refractivity (Wildman–Crippen MR) is 72.2 cm³/mol. The number of nitriles is 1. The zero-order valence-electron chi connectivity index (χ0n) is 9.51. The number of aromatic nitrogens is 1. The molecule has 2 rings (SSSR count). The number of nitrogens with zero attached hydrogens (tertiary/aromatic N) is 2. The monoisotopic (exact) mass is 260 g/mol. The summed E-state index contributed by atoms with van der Waals surface area (Å²) in [4.78, 5) is 5.68. The summed E-state index contributed by atoms with van der Waals surface area (Å²) in [6.07, 6.45) is 0.408. The van der Waals surface area contributed by atoms with Gasteiger partial charge in [-0.3, -0.25) is 0 Å². The van der Waals surface area contributed by atoms with Crippen LogP contribution in [0.1, 0.15) is 16.3 Å². The van der Waals surface area contributed by atoms with Crippen molar-refractivity contribution in [2.75, 3.05) is 0 Å². The third kappa shape index (κ3) is 3.58. The van der Waals surface area contributed by atoms with Gasteiger partial charge in [-0.05, 0) is 19.1 Å². The topological polar surface area (TPSA) is 36.7 Å². The van der Waals surface area contributed by atoms with Gasteiger partial charge in [0.05, 0.1) is 23.9 Å². The first-order chi connectivity index (χ1) is 8.28. The standard InChI is InChI=1S/C13H12N2S2/c1-10-3-2-4-12(7-10)16-9-13-15-11(5-6-14)8-17-13/h2-4,7-8H,5,9H2,1H3. The van der Waals surface area contributed by atoms with E-state index in [1.807, 2.05) is 5.38 Å². The SMILES string of the molecule is Cc1cccc(SCc2nc(CC#N)cs2)c1. The summed E-state index contributed by atoms with van der Waals surface area (Å²) in [6.45, 7) is 2.10. The van der Waals surface area contributed by atoms with Crippen molar-refractivity contribution in [2.45, 2.75) is 24.0 Å². The van der Waals surface area contributed by atoms with E-state index in [-0.39, 0.29) is 0 Å². The second-order valence-corrected chi connectivity index (χ2v) is 5.66. The Labute approximate surface area is 109 Å². The molecule has 86 valence electrons. The van der Waals surface area contributed by atoms with Gasteiger partial charge in [-0.15, -0.1) is 23.1 Å². The van der Waals surface area contributed by atoms with Crippen LogP contribution in [0.2, 0.25) is 0 Å². The summed E-state index contributed by atoms with van der Waals surface area (Å²) >= 11 is 3.41. The average Bonchev–Trinajstić information content (AvgIpc) is 2.75. The Balaban J connectivity index is 1.95. The highest BCUT2D eigenvalue weighted by Crippen LogP contribution is 2.25. The van der Waals surface area contributed by atoms with Crippen molar-refractivity contribution < 1.29 is 0 Å². The number of thiazole rings is 1. The van der Waals surface area contributed by atoms with Crippen LogP contribution in [0, 0.1) is 18.3 Å². The van der Waals surface area contributed by atoms with Gasteiger partial charge in [0, 0.05) is 10.3 Å². The number of thioether (sulfide) groups is 1. The molecule has 0 aliphatic rings. The van der Waals surface area contributed by atoms with Crippen LogP contribution in [0.5, 0.6) is 0 Å². The molecule has 4 heteroatoms. The fraction of sp³-hybridized carbons (Fsp3) is 0.231. The quantitative estimate of drug-likeness (QED) is 0.784. The van der Waals surface area contributed by atoms with E-state index in [0.717, 1.165) is 16.5 Å². The van der Waals surface area contributed by atoms with Gasteiger partial charge in [0.2, 0.25) is 0 Å². The van der Waals surface area contributed by atoms with Crippen LogP contribution in [-0.2, 0) is 12.2 Å². The Kier molecular flexibility index (Phi) is 4.18. The lowest BCUT2D eigenvalue weighted by Gasteiger charge is -2.00. The predicted octanol–water partition coefficient (Wildman–Crippen LogP) is 3.81. The molecule has 1 aromatic heterocycles. The lowest BCUT2D eigenvalue weighted by atomic mass is 10.2. The molecule has 1 heterocycles. The molecule has 0 atom stereocenters. The van der Waals surface area contributed by atoms with Crippen LogP contribution in [-0.4, -0.2) is 4.98 Å². The van der Waals surface area contributed by atoms with E-state index in [9.17, 15) is 0 Å². The fourth-order valence-electron chi connectivity index (χ4n) is 1.43. The van der Waals surface area contributed by atoms with Crippen molar-refractivity contribution in [3.05, 3.63) is 45.9 Å². The van der Waals surface area contributed by atoms with Crippen LogP contribution in [0.3, 0.4) is 0 Å². The lowest BCUT2D eigenvalue weighted by molar-refractivity contribution is 1.11. The van der Waals surface area contributed by atoms with E-state index in [2.05, 4.69) is 42.2 Å². The lowest BCUT2D eigenvalue weighted by Crippen LogP contribution is -1.84. The van der Waals surface area contributed by atoms with Crippen molar-refractivity contribution in [1.29, 1.82) is 5.26 Å². The van der Waals surface area contributed by atoms with Crippen LogP contribution < -0.4 is 0 Å². The van der Waals surface area contributed by atoms with Gasteiger partial charge in [0.15, 0.2) is 0 Å². The minimum absolute atomic E-state index is 0.408. The van der Waals surface area contributed by atoms with E-state index in [1.165, 1.54) is 10.5 Å². The number of hydrogen-bond acceptors (Lipinski definition) is 4. The van der Waals surface area contributed by atoms with Crippen LogP contribution >= 0.6 is 23.1 Å². The van der Waals surface area contributed by atoms with Crippen molar-refractivity contribution >= 4 is 23.1 Å². The third-order valence-corrected chi connectivity index (χ3v) is 4.30. The van der Waals surface area contributed by atoms with E-state index in [1.54, 1.807) is 23.1 Å². The minimum atomic E-state index is 0.408. The molecule has 0 bridgehead atoms. The second kappa shape index (κ2) is 5.85. The molecule has 0 unspecified atom stereocenters. The van der Waals surface area contributed by atoms with Crippen LogP contribution in [0.25, 0.3) is 0 Å². The summed E-state index contributed by atoms with van der Waals surface area (Å²) in [5.74, 6) is 0.875. The zero-order chi connectivity index (χ0) is 12.1. The first-order valence-corrected chi connectivity index (χ1v) is 7.14. The maximum atomic E-state index is 8.58. The molecule has 0 N–H and O–H groups in total. The molecular weight excluding hydrogens is 248 g/mol. The third-order valence-electron chi connectivity index (χ3n) is 2.21. The molecule has 0 radical (unpaired) electrons. The highest BCUT2D eigenvalue weighted by Gasteiger charge is 2.02. The van der Waals surface area contributed by atoms with Crippen molar-refractivity contribution in [1.82, 2.24) is 4.98 Å². The minimum Gasteiger partial charge on any atom is -0.244 e. The van der Waals surface area contributed by atoms with Gasteiger partial charge >= 0.3 is 0 Å². The smallest absolute Gasteiger partial charge is 0.103 e. The molecular formula is C13H12N2S2. The van der Waals surface area contributed by atoms with Gasteiger partial charge in [-0.1, -0.05) is 17.7 Å². The Bertz CT molecular complexity index is 540. The summed E-state index contributed by atoms with van der Waals surface area (Å²) in [7, 11) is 0. The summed E-state index contributed by atoms with van der Waals surface area (Å²) in [5, 5.41) is 11.6. The largest absolute Gasteiger partial charge is 0.244 e. The molecule has 1 aromatic carbocycles. The molecule has 0 spiro atoms. The fourth-order valence-corrected chi connectivity index (χ4v) is 3.25. The van der Waals surface area contributed by atoms with E-state index in [0.29, 0.717) is 6.42 Å². The van der Waals surface area contributed by atoms with Crippen LogP contribution in [0.15, 0.2) is 34.5 Å². The highest BCUT2D eigenvalue weighted by atomic mass is 32.2. The Hall–Kier alpha value is -1.31. The number of aryl methyl sites for hydroxylation is 1. The summed E-state index contributed by atoms with van der Waals surface area (Å²) in [5.41, 5.74) is 2.16. The molecule has 2 aromatic rings. The van der Waals surface area contributed by atoms with E-state index >= 15 is 0 Å². The molecule has 0 saturated heterocycles. The molecule has 0 saturated carbocycles. The molecule has 0 fully saturated rings. The van der Waals surface area contributed by atoms with Crippen molar-refractivity contribution in [2.24, 2.45) is 0 Å². The number of hydrogen-bond donors (Lipinski definition) is 0. The maximum absolute atomic E-state index is 8.58. The first kappa shape index (κ1) is 12.2. The summed E-state index contributed by atoms with van der Waals surface area (Å²) in [6, 6.07) is 10.6. The summed E-state index contributed by atoms with van der Waals surface area (Å²) < 4.78 is 0. The van der Waals surface area contributed by atoms with Gasteiger partial charge in [0.1, 0.15) is 5.01 Å². The van der Waals surface area contributed by atoms with E-state index in [4.69, 9.17) is 5.26 Å². The van der Waals surface area contributed by atoms with Gasteiger partial charge in [0.25, 0.3) is 0 Å². The molecule has 0 aliphatic carbocycles. The van der Waals surface area contributed by atoms with Gasteiger partial charge in [-0.25, -0.2) is 4.98 Å². The van der Waals surface area contributed by atoms with Gasteiger partial charge < -0.3 is 0 Å². The van der Waals surface area contributed by atoms with Crippen molar-refractivity contribution in [3.63, 3.8) is 0 Å². The maximum Gasteiger partial charge on any atom is 0.103 e. The Morgan fingerprint density at radius 2 is 2.35 bits per heavy atom.